The molecule has 0 aromatic carbocycles. The molecule has 0 saturated carbocycles. The Bertz CT molecular complexity index is 911. The van der Waals surface area contributed by atoms with E-state index in [0.29, 0.717) is 23.2 Å². The van der Waals surface area contributed by atoms with Crippen LogP contribution in [0.3, 0.4) is 0 Å². The van der Waals surface area contributed by atoms with Crippen molar-refractivity contribution in [1.29, 1.82) is 0 Å². The van der Waals surface area contributed by atoms with E-state index >= 15 is 0 Å². The number of aromatic nitrogens is 1. The van der Waals surface area contributed by atoms with Gasteiger partial charge in [0, 0.05) is 6.07 Å². The lowest BCUT2D eigenvalue weighted by molar-refractivity contribution is 0.151. The number of unbranched alkanes of at least 4 members (excludes halogenated alkanes) is 1. The molecule has 3 aromatic rings. The Morgan fingerprint density at radius 2 is 2.31 bits per heavy atom. The maximum Gasteiger partial charge on any atom is 0.414 e. The second-order valence-corrected chi connectivity index (χ2v) is 8.99. The average Bonchev–Trinajstić information content (AvgIpc) is 3.22. The summed E-state index contributed by atoms with van der Waals surface area (Å²) in [6.45, 7) is 4.70. The highest BCUT2D eigenvalue weighted by molar-refractivity contribution is 14.1. The Hall–Kier alpha value is -1.32. The van der Waals surface area contributed by atoms with Crippen molar-refractivity contribution in [3.63, 3.8) is 0 Å². The van der Waals surface area contributed by atoms with E-state index in [1.54, 1.807) is 34.6 Å². The van der Waals surface area contributed by atoms with Crippen LogP contribution in [0, 0.1) is 9.81 Å². The molecule has 0 atom stereocenters. The van der Waals surface area contributed by atoms with Crippen LogP contribution in [0.25, 0.3) is 10.2 Å². The number of aryl methyl sites for hydroxylation is 1. The summed E-state index contributed by atoms with van der Waals surface area (Å²) >= 11 is 10.1. The molecule has 3 aromatic heterocycles. The molecule has 8 heteroatoms. The number of hydrogen-bond donors (Lipinski definition) is 0. The van der Waals surface area contributed by atoms with Crippen LogP contribution in [0.1, 0.15) is 31.1 Å². The molecule has 0 aliphatic carbocycles. The summed E-state index contributed by atoms with van der Waals surface area (Å²) < 4.78 is 12.9. The third kappa shape index (κ3) is 4.15. The SMILES string of the molecule is CCCCOC(=O)N(Cc1ccco1)c1cc(Cl)nc2c(C)c(I)sc12. The van der Waals surface area contributed by atoms with Crippen LogP contribution in [0.5, 0.6) is 0 Å². The number of halogens is 2. The molecule has 0 unspecified atom stereocenters. The minimum absolute atomic E-state index is 0.265. The van der Waals surface area contributed by atoms with E-state index in [-0.39, 0.29) is 6.54 Å². The van der Waals surface area contributed by atoms with Crippen molar-refractivity contribution in [2.24, 2.45) is 0 Å². The molecular weight excluding hydrogens is 487 g/mol. The molecule has 0 bridgehead atoms. The zero-order valence-corrected chi connectivity index (χ0v) is 18.2. The van der Waals surface area contributed by atoms with E-state index in [9.17, 15) is 4.79 Å². The van der Waals surface area contributed by atoms with Crippen LogP contribution < -0.4 is 4.90 Å². The molecule has 0 N–H and O–H groups in total. The fraction of sp³-hybridized carbons (Fsp3) is 0.333. The fourth-order valence-electron chi connectivity index (χ4n) is 2.49. The van der Waals surface area contributed by atoms with Gasteiger partial charge in [0.15, 0.2) is 0 Å². The number of thiophene rings is 1. The highest BCUT2D eigenvalue weighted by Gasteiger charge is 2.24. The predicted octanol–water partition coefficient (Wildman–Crippen LogP) is 6.40. The third-order valence-corrected chi connectivity index (χ3v) is 6.65. The zero-order chi connectivity index (χ0) is 18.7. The molecule has 0 aliphatic rings. The first-order chi connectivity index (χ1) is 12.5. The van der Waals surface area contributed by atoms with Gasteiger partial charge in [-0.1, -0.05) is 24.9 Å². The van der Waals surface area contributed by atoms with Crippen LogP contribution in [-0.4, -0.2) is 17.7 Å². The summed E-state index contributed by atoms with van der Waals surface area (Å²) in [6.07, 6.45) is 2.95. The number of nitrogens with zero attached hydrogens (tertiary/aromatic N) is 2. The van der Waals surface area contributed by atoms with Crippen LogP contribution in [0.15, 0.2) is 28.9 Å². The molecule has 26 heavy (non-hydrogen) atoms. The van der Waals surface area contributed by atoms with Crippen molar-refractivity contribution in [2.45, 2.75) is 33.2 Å². The van der Waals surface area contributed by atoms with Crippen molar-refractivity contribution in [1.82, 2.24) is 4.98 Å². The summed E-state index contributed by atoms with van der Waals surface area (Å²) in [5.74, 6) is 0.668. The highest BCUT2D eigenvalue weighted by atomic mass is 127. The van der Waals surface area contributed by atoms with E-state index < -0.39 is 6.09 Å². The van der Waals surface area contributed by atoms with E-state index in [0.717, 1.165) is 31.5 Å². The molecule has 0 aliphatic heterocycles. The second kappa shape index (κ2) is 8.58. The number of anilines is 1. The minimum Gasteiger partial charge on any atom is -0.467 e. The molecule has 0 radical (unpaired) electrons. The van der Waals surface area contributed by atoms with Gasteiger partial charge in [-0.2, -0.15) is 0 Å². The number of fused-ring (bicyclic) bond motifs is 1. The van der Waals surface area contributed by atoms with Crippen molar-refractivity contribution < 1.29 is 13.9 Å². The van der Waals surface area contributed by atoms with Gasteiger partial charge in [-0.25, -0.2) is 9.78 Å². The zero-order valence-electron chi connectivity index (χ0n) is 14.4. The van der Waals surface area contributed by atoms with Gasteiger partial charge in [0.25, 0.3) is 0 Å². The van der Waals surface area contributed by atoms with Gasteiger partial charge in [0.1, 0.15) is 10.9 Å². The van der Waals surface area contributed by atoms with Crippen LogP contribution >= 0.6 is 45.5 Å². The Balaban J connectivity index is 2.04. The first-order valence-corrected chi connectivity index (χ1v) is 10.5. The number of pyridine rings is 1. The van der Waals surface area contributed by atoms with Crippen molar-refractivity contribution in [2.75, 3.05) is 11.5 Å². The monoisotopic (exact) mass is 504 g/mol. The maximum atomic E-state index is 12.8. The number of rotatable bonds is 6. The summed E-state index contributed by atoms with van der Waals surface area (Å²) in [6, 6.07) is 5.33. The molecule has 138 valence electrons. The Labute approximate surface area is 174 Å². The van der Waals surface area contributed by atoms with Crippen LogP contribution in [-0.2, 0) is 11.3 Å². The van der Waals surface area contributed by atoms with Crippen molar-refractivity contribution in [3.8, 4) is 0 Å². The van der Waals surface area contributed by atoms with Crippen molar-refractivity contribution >= 4 is 67.5 Å². The minimum atomic E-state index is -0.417. The topological polar surface area (TPSA) is 55.6 Å². The van der Waals surface area contributed by atoms with Gasteiger partial charge in [0.05, 0.1) is 38.2 Å². The van der Waals surface area contributed by atoms with E-state index in [1.807, 2.05) is 13.0 Å². The molecule has 3 heterocycles. The fourth-order valence-corrected chi connectivity index (χ4v) is 4.59. The van der Waals surface area contributed by atoms with E-state index in [4.69, 9.17) is 20.8 Å². The number of amides is 1. The van der Waals surface area contributed by atoms with Crippen molar-refractivity contribution in [3.05, 3.63) is 43.8 Å². The first kappa shape index (κ1) is 19.4. The van der Waals surface area contributed by atoms with Gasteiger partial charge in [0.2, 0.25) is 0 Å². The lowest BCUT2D eigenvalue weighted by Crippen LogP contribution is -2.31. The Kier molecular flexibility index (Phi) is 6.42. The number of ether oxygens (including phenoxy) is 1. The van der Waals surface area contributed by atoms with E-state index in [2.05, 4.69) is 34.5 Å². The summed E-state index contributed by atoms with van der Waals surface area (Å²) in [7, 11) is 0. The normalized spacial score (nSPS) is 11.1. The molecule has 3 rings (SSSR count). The summed E-state index contributed by atoms with van der Waals surface area (Å²) in [4.78, 5) is 18.8. The molecule has 0 saturated heterocycles. The second-order valence-electron chi connectivity index (χ2n) is 5.78. The predicted molar refractivity (Wildman–Crippen MR) is 113 cm³/mol. The number of carbonyl (C=O) groups is 1. The molecule has 1 amide bonds. The van der Waals surface area contributed by atoms with E-state index in [1.165, 1.54) is 0 Å². The van der Waals surface area contributed by atoms with Gasteiger partial charge in [-0.3, -0.25) is 4.90 Å². The highest BCUT2D eigenvalue weighted by Crippen LogP contribution is 2.39. The first-order valence-electron chi connectivity index (χ1n) is 8.23. The third-order valence-electron chi connectivity index (χ3n) is 3.89. The molecule has 5 nitrogen and oxygen atoms in total. The summed E-state index contributed by atoms with van der Waals surface area (Å²) in [5.41, 5.74) is 2.56. The molecule has 0 spiro atoms. The number of hydrogen-bond acceptors (Lipinski definition) is 5. The Morgan fingerprint density at radius 3 is 3.00 bits per heavy atom. The Morgan fingerprint density at radius 1 is 1.50 bits per heavy atom. The van der Waals surface area contributed by atoms with Crippen LogP contribution in [0.4, 0.5) is 10.5 Å². The standard InChI is InChI=1S/C18H18ClIN2O3S/c1-3-4-7-25-18(23)22(10-12-6-5-8-24-12)13-9-14(19)21-15-11(2)17(20)26-16(13)15/h5-6,8-9H,3-4,7,10H2,1-2H3. The molecular formula is C18H18ClIN2O3S. The summed E-state index contributed by atoms with van der Waals surface area (Å²) in [5, 5.41) is 0.343. The molecule has 0 fully saturated rings. The number of furan rings is 1. The largest absolute Gasteiger partial charge is 0.467 e. The lowest BCUT2D eigenvalue weighted by Gasteiger charge is -2.22. The average molecular weight is 505 g/mol. The van der Waals surface area contributed by atoms with Gasteiger partial charge >= 0.3 is 6.09 Å². The van der Waals surface area contributed by atoms with Gasteiger partial charge < -0.3 is 9.15 Å². The van der Waals surface area contributed by atoms with Gasteiger partial charge in [-0.05, 0) is 53.6 Å². The number of carbonyl (C=O) groups excluding carboxylic acids is 1. The smallest absolute Gasteiger partial charge is 0.414 e. The van der Waals surface area contributed by atoms with Gasteiger partial charge in [-0.15, -0.1) is 11.3 Å². The quantitative estimate of drug-likeness (QED) is 0.221. The van der Waals surface area contributed by atoms with Crippen LogP contribution in [0.2, 0.25) is 5.15 Å². The lowest BCUT2D eigenvalue weighted by atomic mass is 10.2. The maximum absolute atomic E-state index is 12.8.